The van der Waals surface area contributed by atoms with Crippen LogP contribution >= 0.6 is 0 Å². The molecule has 0 spiro atoms. The molecule has 10 heteroatoms. The lowest BCUT2D eigenvalue weighted by atomic mass is 9.97. The molecule has 3 fully saturated rings. The highest BCUT2D eigenvalue weighted by Gasteiger charge is 2.43. The normalized spacial score (nSPS) is 27.2. The molecule has 0 aliphatic carbocycles. The van der Waals surface area contributed by atoms with Crippen molar-refractivity contribution in [3.63, 3.8) is 0 Å². The molecule has 0 amide bonds. The minimum absolute atomic E-state index is 0.0412. The van der Waals surface area contributed by atoms with Gasteiger partial charge in [0.1, 0.15) is 4.90 Å². The van der Waals surface area contributed by atoms with Crippen LogP contribution in [0.2, 0.25) is 0 Å². The van der Waals surface area contributed by atoms with Crippen LogP contribution in [0.1, 0.15) is 19.8 Å². The third-order valence-corrected chi connectivity index (χ3v) is 7.75. The second-order valence-corrected chi connectivity index (χ2v) is 10.2. The van der Waals surface area contributed by atoms with E-state index >= 15 is 0 Å². The zero-order chi connectivity index (χ0) is 16.8. The molecule has 8 nitrogen and oxygen atoms in total. The average Bonchev–Trinajstić information content (AvgIpc) is 2.77. The van der Waals surface area contributed by atoms with E-state index in [0.717, 1.165) is 6.42 Å². The smallest absolute Gasteiger partial charge is 0.246 e. The van der Waals surface area contributed by atoms with Crippen molar-refractivity contribution in [2.75, 3.05) is 25.9 Å². The summed E-state index contributed by atoms with van der Waals surface area (Å²) in [7, 11) is -6.96. The van der Waals surface area contributed by atoms with E-state index < -0.39 is 20.0 Å². The van der Waals surface area contributed by atoms with Gasteiger partial charge in [0.25, 0.3) is 0 Å². The summed E-state index contributed by atoms with van der Waals surface area (Å²) < 4.78 is 54.1. The second kappa shape index (κ2) is 5.83. The van der Waals surface area contributed by atoms with Crippen LogP contribution in [-0.4, -0.2) is 67.2 Å². The SMILES string of the molecule is CCn1cc(S(=O)(=O)N2CC3CCC2CN(S(C)(=O)=O)C3)cn1. The van der Waals surface area contributed by atoms with Gasteiger partial charge in [0.05, 0.1) is 12.5 Å². The Morgan fingerprint density at radius 2 is 1.91 bits per heavy atom. The maximum Gasteiger partial charge on any atom is 0.246 e. The van der Waals surface area contributed by atoms with Crippen LogP contribution in [-0.2, 0) is 26.6 Å². The minimum atomic E-state index is -3.65. The van der Waals surface area contributed by atoms with Gasteiger partial charge in [-0.25, -0.2) is 21.1 Å². The standard InChI is InChI=1S/C13H22N4O4S2/c1-3-15-10-13(6-14-15)23(20,21)17-8-11-4-5-12(17)9-16(7-11)22(2,18)19/h6,10-12H,3-5,7-9H2,1-2H3. The molecule has 3 aliphatic rings. The largest absolute Gasteiger partial charge is 0.272 e. The molecule has 3 aliphatic heterocycles. The Kier molecular flexibility index (Phi) is 4.28. The van der Waals surface area contributed by atoms with Gasteiger partial charge in [-0.2, -0.15) is 9.40 Å². The second-order valence-electron chi connectivity index (χ2n) is 6.28. The highest BCUT2D eigenvalue weighted by atomic mass is 32.2. The summed E-state index contributed by atoms with van der Waals surface area (Å²) in [5.41, 5.74) is 0. The Hall–Kier alpha value is -0.970. The number of hydrogen-bond donors (Lipinski definition) is 0. The van der Waals surface area contributed by atoms with Gasteiger partial charge < -0.3 is 0 Å². The quantitative estimate of drug-likeness (QED) is 0.749. The summed E-state index contributed by atoms with van der Waals surface area (Å²) in [5.74, 6) is 0.0412. The Morgan fingerprint density at radius 3 is 2.52 bits per heavy atom. The van der Waals surface area contributed by atoms with E-state index in [4.69, 9.17) is 0 Å². The number of aryl methyl sites for hydroxylation is 1. The Balaban J connectivity index is 1.92. The lowest BCUT2D eigenvalue weighted by Crippen LogP contribution is -2.47. The maximum atomic E-state index is 12.9. The molecule has 130 valence electrons. The van der Waals surface area contributed by atoms with Gasteiger partial charge >= 0.3 is 0 Å². The lowest BCUT2D eigenvalue weighted by molar-refractivity contribution is 0.230. The monoisotopic (exact) mass is 362 g/mol. The van der Waals surface area contributed by atoms with Gasteiger partial charge in [0, 0.05) is 38.4 Å². The van der Waals surface area contributed by atoms with Gasteiger partial charge in [-0.15, -0.1) is 0 Å². The van der Waals surface area contributed by atoms with Crippen molar-refractivity contribution in [2.24, 2.45) is 5.92 Å². The zero-order valence-corrected chi connectivity index (χ0v) is 14.9. The van der Waals surface area contributed by atoms with E-state index in [-0.39, 0.29) is 23.4 Å². The molecule has 4 rings (SSSR count). The van der Waals surface area contributed by atoms with E-state index in [1.54, 1.807) is 4.68 Å². The molecule has 23 heavy (non-hydrogen) atoms. The fourth-order valence-corrected chi connectivity index (χ4v) is 5.95. The third kappa shape index (κ3) is 3.17. The Labute approximate surface area is 137 Å². The van der Waals surface area contributed by atoms with Gasteiger partial charge in [0.2, 0.25) is 20.0 Å². The molecule has 3 saturated heterocycles. The fourth-order valence-electron chi connectivity index (χ4n) is 3.35. The molecule has 1 aromatic rings. The maximum absolute atomic E-state index is 12.9. The van der Waals surface area contributed by atoms with Crippen LogP contribution in [0, 0.1) is 5.92 Å². The lowest BCUT2D eigenvalue weighted by Gasteiger charge is -2.34. The van der Waals surface area contributed by atoms with Crippen molar-refractivity contribution in [3.8, 4) is 0 Å². The van der Waals surface area contributed by atoms with E-state index in [1.807, 2.05) is 6.92 Å². The van der Waals surface area contributed by atoms with Crippen molar-refractivity contribution >= 4 is 20.0 Å². The topological polar surface area (TPSA) is 92.6 Å². The summed E-state index contributed by atoms with van der Waals surface area (Å²) in [4.78, 5) is 0.179. The summed E-state index contributed by atoms with van der Waals surface area (Å²) in [5, 5.41) is 4.04. The molecule has 2 atom stereocenters. The van der Waals surface area contributed by atoms with Crippen molar-refractivity contribution in [3.05, 3.63) is 12.4 Å². The summed E-state index contributed by atoms with van der Waals surface area (Å²) in [6.07, 6.45) is 5.63. The van der Waals surface area contributed by atoms with Crippen LogP contribution < -0.4 is 0 Å². The van der Waals surface area contributed by atoms with Crippen molar-refractivity contribution in [1.29, 1.82) is 0 Å². The molecule has 2 bridgehead atoms. The van der Waals surface area contributed by atoms with Gasteiger partial charge in [-0.05, 0) is 25.7 Å². The van der Waals surface area contributed by atoms with Crippen LogP contribution in [0.15, 0.2) is 17.3 Å². The molecule has 0 aromatic carbocycles. The number of fused-ring (bicyclic) bond motifs is 4. The molecule has 0 N–H and O–H groups in total. The molecule has 1 aromatic heterocycles. The summed E-state index contributed by atoms with van der Waals surface area (Å²) >= 11 is 0. The van der Waals surface area contributed by atoms with E-state index in [0.29, 0.717) is 26.1 Å². The first-order valence-corrected chi connectivity index (χ1v) is 11.0. The molecular formula is C13H22N4O4S2. The Morgan fingerprint density at radius 1 is 1.17 bits per heavy atom. The third-order valence-electron chi connectivity index (χ3n) is 4.64. The average molecular weight is 362 g/mol. The molecule has 2 unspecified atom stereocenters. The van der Waals surface area contributed by atoms with Crippen LogP contribution in [0.5, 0.6) is 0 Å². The minimum Gasteiger partial charge on any atom is -0.272 e. The van der Waals surface area contributed by atoms with Gasteiger partial charge in [-0.3, -0.25) is 4.68 Å². The van der Waals surface area contributed by atoms with Gasteiger partial charge in [0.15, 0.2) is 0 Å². The number of nitrogens with zero attached hydrogens (tertiary/aromatic N) is 4. The highest BCUT2D eigenvalue weighted by Crippen LogP contribution is 2.33. The van der Waals surface area contributed by atoms with Crippen molar-refractivity contribution in [1.82, 2.24) is 18.4 Å². The van der Waals surface area contributed by atoms with E-state index in [1.165, 1.54) is 27.3 Å². The first kappa shape index (κ1) is 16.9. The Bertz CT molecular complexity index is 787. The summed E-state index contributed by atoms with van der Waals surface area (Å²) in [6, 6.07) is -0.307. The van der Waals surface area contributed by atoms with Crippen LogP contribution in [0.3, 0.4) is 0 Å². The first-order valence-electron chi connectivity index (χ1n) is 7.71. The molecular weight excluding hydrogens is 340 g/mol. The van der Waals surface area contributed by atoms with E-state index in [2.05, 4.69) is 5.10 Å². The van der Waals surface area contributed by atoms with Gasteiger partial charge in [-0.1, -0.05) is 0 Å². The van der Waals surface area contributed by atoms with Crippen molar-refractivity contribution < 1.29 is 16.8 Å². The summed E-state index contributed by atoms with van der Waals surface area (Å²) in [6.45, 7) is 3.49. The van der Waals surface area contributed by atoms with Crippen LogP contribution in [0.4, 0.5) is 0 Å². The van der Waals surface area contributed by atoms with E-state index in [9.17, 15) is 16.8 Å². The number of sulfonamides is 2. The van der Waals surface area contributed by atoms with Crippen LogP contribution in [0.25, 0.3) is 0 Å². The number of rotatable bonds is 4. The zero-order valence-electron chi connectivity index (χ0n) is 13.3. The number of piperidine rings is 1. The molecule has 0 radical (unpaired) electrons. The first-order chi connectivity index (χ1) is 10.7. The fraction of sp³-hybridized carbons (Fsp3) is 0.769. The predicted molar refractivity (Wildman–Crippen MR) is 84.7 cm³/mol. The molecule has 4 heterocycles. The number of hydrogen-bond acceptors (Lipinski definition) is 5. The van der Waals surface area contributed by atoms with Crippen molar-refractivity contribution in [2.45, 2.75) is 37.2 Å². The highest BCUT2D eigenvalue weighted by molar-refractivity contribution is 7.89. The molecule has 0 saturated carbocycles. The predicted octanol–water partition coefficient (Wildman–Crippen LogP) is -0.0525. The number of aromatic nitrogens is 2.